The highest BCUT2D eigenvalue weighted by Crippen LogP contribution is 2.30. The molecule has 0 aromatic heterocycles. The van der Waals surface area contributed by atoms with Gasteiger partial charge in [0.05, 0.1) is 5.60 Å². The Bertz CT molecular complexity index is 263. The van der Waals surface area contributed by atoms with Crippen LogP contribution < -0.4 is 0 Å². The van der Waals surface area contributed by atoms with Crippen molar-refractivity contribution in [2.75, 3.05) is 0 Å². The number of carbonyl (C=O) groups excluding carboxylic acids is 1. The third kappa shape index (κ3) is 1.48. The van der Waals surface area contributed by atoms with Crippen LogP contribution in [0.2, 0.25) is 0 Å². The van der Waals surface area contributed by atoms with E-state index in [9.17, 15) is 9.90 Å². The van der Waals surface area contributed by atoms with E-state index < -0.39 is 5.60 Å². The molecule has 0 heterocycles. The summed E-state index contributed by atoms with van der Waals surface area (Å²) in [7, 11) is 0. The molecule has 0 fully saturated rings. The number of aliphatic hydroxyl groups is 1. The highest BCUT2D eigenvalue weighted by molar-refractivity contribution is 5.96. The molecule has 0 radical (unpaired) electrons. The van der Waals surface area contributed by atoms with Gasteiger partial charge in [-0.25, -0.2) is 0 Å². The van der Waals surface area contributed by atoms with Crippen LogP contribution in [0.3, 0.4) is 0 Å². The maximum Gasteiger partial charge on any atom is 0.161 e. The number of ketones is 1. The van der Waals surface area contributed by atoms with Gasteiger partial charge in [0.25, 0.3) is 0 Å². The lowest BCUT2D eigenvalue weighted by atomic mass is 9.81. The van der Waals surface area contributed by atoms with E-state index in [4.69, 9.17) is 0 Å². The van der Waals surface area contributed by atoms with Crippen LogP contribution in [0.5, 0.6) is 0 Å². The maximum absolute atomic E-state index is 11.2. The van der Waals surface area contributed by atoms with Crippen molar-refractivity contribution in [1.82, 2.24) is 0 Å². The second kappa shape index (κ2) is 2.87. The van der Waals surface area contributed by atoms with Crippen molar-refractivity contribution in [3.05, 3.63) is 23.8 Å². The van der Waals surface area contributed by atoms with Crippen molar-refractivity contribution in [1.29, 1.82) is 0 Å². The van der Waals surface area contributed by atoms with Crippen LogP contribution in [-0.4, -0.2) is 16.5 Å². The minimum atomic E-state index is -0.989. The Hall–Kier alpha value is -0.890. The van der Waals surface area contributed by atoms with E-state index in [2.05, 4.69) is 6.58 Å². The molecule has 0 saturated carbocycles. The zero-order valence-corrected chi connectivity index (χ0v) is 7.55. The summed E-state index contributed by atoms with van der Waals surface area (Å²) in [6.45, 7) is 7.21. The van der Waals surface area contributed by atoms with Gasteiger partial charge in [0, 0.05) is 6.42 Å². The van der Waals surface area contributed by atoms with Gasteiger partial charge in [-0.2, -0.15) is 0 Å². The molecule has 12 heavy (non-hydrogen) atoms. The number of rotatable bonds is 1. The highest BCUT2D eigenvalue weighted by Gasteiger charge is 2.33. The molecule has 66 valence electrons. The van der Waals surface area contributed by atoms with Crippen molar-refractivity contribution in [2.24, 2.45) is 0 Å². The van der Waals surface area contributed by atoms with E-state index in [1.54, 1.807) is 19.9 Å². The maximum atomic E-state index is 11.2. The predicted molar refractivity (Wildman–Crippen MR) is 47.8 cm³/mol. The number of carbonyl (C=O) groups is 1. The fraction of sp³-hybridized carbons (Fsp3) is 0.500. The van der Waals surface area contributed by atoms with Crippen molar-refractivity contribution in [2.45, 2.75) is 32.3 Å². The molecular weight excluding hydrogens is 152 g/mol. The van der Waals surface area contributed by atoms with Gasteiger partial charge in [-0.3, -0.25) is 4.79 Å². The molecule has 1 N–H and O–H groups in total. The number of allylic oxidation sites excluding steroid dienone is 1. The third-order valence-electron chi connectivity index (χ3n) is 2.43. The first-order valence-electron chi connectivity index (χ1n) is 4.04. The van der Waals surface area contributed by atoms with Crippen LogP contribution >= 0.6 is 0 Å². The fourth-order valence-electron chi connectivity index (χ4n) is 1.24. The Kier molecular flexibility index (Phi) is 2.20. The SMILES string of the molecule is C=C(C)C1(O)CC=C(C)C(=O)C1. The average Bonchev–Trinajstić information content (AvgIpc) is 1.97. The fourth-order valence-corrected chi connectivity index (χ4v) is 1.24. The smallest absolute Gasteiger partial charge is 0.161 e. The van der Waals surface area contributed by atoms with Gasteiger partial charge >= 0.3 is 0 Å². The zero-order chi connectivity index (χ0) is 9.35. The van der Waals surface area contributed by atoms with Gasteiger partial charge in [0.15, 0.2) is 5.78 Å². The van der Waals surface area contributed by atoms with E-state index >= 15 is 0 Å². The highest BCUT2D eigenvalue weighted by atomic mass is 16.3. The third-order valence-corrected chi connectivity index (χ3v) is 2.43. The first kappa shape index (κ1) is 9.20. The molecule has 1 aliphatic carbocycles. The number of hydrogen-bond donors (Lipinski definition) is 1. The van der Waals surface area contributed by atoms with Gasteiger partial charge in [0.2, 0.25) is 0 Å². The molecule has 0 spiro atoms. The molecule has 0 saturated heterocycles. The summed E-state index contributed by atoms with van der Waals surface area (Å²) in [5, 5.41) is 9.87. The molecule has 0 bridgehead atoms. The first-order valence-corrected chi connectivity index (χ1v) is 4.04. The van der Waals surface area contributed by atoms with Gasteiger partial charge in [0.1, 0.15) is 0 Å². The summed E-state index contributed by atoms with van der Waals surface area (Å²) >= 11 is 0. The molecular formula is C10H14O2. The van der Waals surface area contributed by atoms with Crippen LogP contribution in [0.25, 0.3) is 0 Å². The van der Waals surface area contributed by atoms with Crippen LogP contribution in [0.4, 0.5) is 0 Å². The van der Waals surface area contributed by atoms with Gasteiger partial charge in [-0.05, 0) is 31.4 Å². The normalized spacial score (nSPS) is 29.9. The van der Waals surface area contributed by atoms with Crippen molar-refractivity contribution < 1.29 is 9.90 Å². The second-order valence-electron chi connectivity index (χ2n) is 3.50. The van der Waals surface area contributed by atoms with Gasteiger partial charge in [-0.1, -0.05) is 12.7 Å². The van der Waals surface area contributed by atoms with E-state index in [0.717, 1.165) is 5.57 Å². The summed E-state index contributed by atoms with van der Waals surface area (Å²) in [6.07, 6.45) is 2.48. The summed E-state index contributed by atoms with van der Waals surface area (Å²) in [4.78, 5) is 11.2. The number of Topliss-reactive ketones (excluding diaryl/α,β-unsaturated/α-hetero) is 1. The molecule has 0 aliphatic heterocycles. The molecule has 2 heteroatoms. The van der Waals surface area contributed by atoms with Crippen LogP contribution in [0, 0.1) is 0 Å². The van der Waals surface area contributed by atoms with E-state index in [1.165, 1.54) is 0 Å². The molecule has 1 aliphatic rings. The molecule has 0 amide bonds. The summed E-state index contributed by atoms with van der Waals surface area (Å²) < 4.78 is 0. The standard InChI is InChI=1S/C10H14O2/c1-7(2)10(12)5-4-8(3)9(11)6-10/h4,12H,1,5-6H2,2-3H3. The lowest BCUT2D eigenvalue weighted by Gasteiger charge is -2.30. The topological polar surface area (TPSA) is 37.3 Å². The summed E-state index contributed by atoms with van der Waals surface area (Å²) in [5.74, 6) is 0.0201. The Morgan fingerprint density at radius 2 is 2.33 bits per heavy atom. The largest absolute Gasteiger partial charge is 0.385 e. The van der Waals surface area contributed by atoms with Gasteiger partial charge in [-0.15, -0.1) is 0 Å². The lowest BCUT2D eigenvalue weighted by molar-refractivity contribution is -0.119. The minimum absolute atomic E-state index is 0.0201. The molecule has 0 aromatic carbocycles. The quantitative estimate of drug-likeness (QED) is 0.601. The average molecular weight is 166 g/mol. The van der Waals surface area contributed by atoms with E-state index in [-0.39, 0.29) is 12.2 Å². The Morgan fingerprint density at radius 3 is 2.75 bits per heavy atom. The summed E-state index contributed by atoms with van der Waals surface area (Å²) in [5.41, 5.74) is 0.428. The minimum Gasteiger partial charge on any atom is -0.385 e. The Balaban J connectivity index is 2.90. The van der Waals surface area contributed by atoms with E-state index in [1.807, 2.05) is 0 Å². The molecule has 2 nitrogen and oxygen atoms in total. The lowest BCUT2D eigenvalue weighted by Crippen LogP contribution is -2.35. The first-order chi connectivity index (χ1) is 5.46. The Labute approximate surface area is 72.6 Å². The zero-order valence-electron chi connectivity index (χ0n) is 7.55. The molecule has 1 atom stereocenters. The van der Waals surface area contributed by atoms with Crippen LogP contribution in [-0.2, 0) is 4.79 Å². The monoisotopic (exact) mass is 166 g/mol. The van der Waals surface area contributed by atoms with Crippen LogP contribution in [0.1, 0.15) is 26.7 Å². The van der Waals surface area contributed by atoms with Gasteiger partial charge < -0.3 is 5.11 Å². The predicted octanol–water partition coefficient (Wildman–Crippen LogP) is 1.60. The van der Waals surface area contributed by atoms with Crippen molar-refractivity contribution in [3.63, 3.8) is 0 Å². The second-order valence-corrected chi connectivity index (χ2v) is 3.50. The number of hydrogen-bond acceptors (Lipinski definition) is 2. The van der Waals surface area contributed by atoms with Crippen molar-refractivity contribution >= 4 is 5.78 Å². The van der Waals surface area contributed by atoms with E-state index in [0.29, 0.717) is 12.0 Å². The Morgan fingerprint density at radius 1 is 1.75 bits per heavy atom. The summed E-state index contributed by atoms with van der Waals surface area (Å²) in [6, 6.07) is 0. The molecule has 1 unspecified atom stereocenters. The van der Waals surface area contributed by atoms with Crippen molar-refractivity contribution in [3.8, 4) is 0 Å². The molecule has 0 aromatic rings. The molecule has 1 rings (SSSR count). The van der Waals surface area contributed by atoms with Crippen LogP contribution in [0.15, 0.2) is 23.8 Å².